The molecule has 0 aromatic carbocycles. The van der Waals surface area contributed by atoms with Crippen LogP contribution in [0.2, 0.25) is 0 Å². The lowest BCUT2D eigenvalue weighted by Gasteiger charge is -2.06. The van der Waals surface area contributed by atoms with E-state index in [1.165, 1.54) is 18.5 Å². The van der Waals surface area contributed by atoms with E-state index in [-0.39, 0.29) is 11.5 Å². The van der Waals surface area contributed by atoms with Gasteiger partial charge >= 0.3 is 0 Å². The molecule has 0 aliphatic carbocycles. The van der Waals surface area contributed by atoms with Crippen LogP contribution in [0.5, 0.6) is 0 Å². The maximum Gasteiger partial charge on any atom is 0.258 e. The Morgan fingerprint density at radius 3 is 2.55 bits per heavy atom. The molecule has 0 aliphatic rings. The van der Waals surface area contributed by atoms with Gasteiger partial charge in [-0.1, -0.05) is 18.5 Å². The summed E-state index contributed by atoms with van der Waals surface area (Å²) in [6.45, 7) is 4.37. The molecule has 2 aromatic rings. The fourth-order valence-corrected chi connectivity index (χ4v) is 1.78. The minimum Gasteiger partial charge on any atom is -0.360 e. The van der Waals surface area contributed by atoms with Crippen LogP contribution < -0.4 is 10.6 Å². The average Bonchev–Trinajstić information content (AvgIpc) is 2.92. The molecule has 2 rings (SSSR count). The number of aryl methyl sites for hydroxylation is 1. The van der Waals surface area contributed by atoms with Crippen LogP contribution in [0.1, 0.15) is 46.2 Å². The van der Waals surface area contributed by atoms with Crippen LogP contribution in [0.3, 0.4) is 0 Å². The molecule has 0 aliphatic heterocycles. The standard InChI is InChI=1S/C15H18N4O3/c1-3-4-5-17-14(20)11-7-12(9-16-8-11)15(21)18-13-6-10(2)22-19-13/h6-9H,3-5H2,1-2H3,(H,17,20)(H,18,19,21). The molecular weight excluding hydrogens is 284 g/mol. The number of pyridine rings is 1. The monoisotopic (exact) mass is 302 g/mol. The summed E-state index contributed by atoms with van der Waals surface area (Å²) in [4.78, 5) is 28.0. The summed E-state index contributed by atoms with van der Waals surface area (Å²) in [5, 5.41) is 9.05. The highest BCUT2D eigenvalue weighted by molar-refractivity contribution is 6.05. The predicted molar refractivity (Wildman–Crippen MR) is 80.7 cm³/mol. The van der Waals surface area contributed by atoms with Gasteiger partial charge in [0.05, 0.1) is 11.1 Å². The van der Waals surface area contributed by atoms with Crippen molar-refractivity contribution in [3.63, 3.8) is 0 Å². The Balaban J connectivity index is 2.04. The van der Waals surface area contributed by atoms with Gasteiger partial charge in [0.2, 0.25) is 0 Å². The zero-order valence-electron chi connectivity index (χ0n) is 12.5. The number of amides is 2. The summed E-state index contributed by atoms with van der Waals surface area (Å²) in [6.07, 6.45) is 4.73. The van der Waals surface area contributed by atoms with Crippen LogP contribution in [-0.4, -0.2) is 28.5 Å². The first kappa shape index (κ1) is 15.7. The van der Waals surface area contributed by atoms with Crippen molar-refractivity contribution >= 4 is 17.6 Å². The van der Waals surface area contributed by atoms with Crippen molar-refractivity contribution in [1.82, 2.24) is 15.5 Å². The first-order valence-electron chi connectivity index (χ1n) is 7.08. The Hall–Kier alpha value is -2.70. The Bertz CT molecular complexity index is 666. The molecule has 7 nitrogen and oxygen atoms in total. The van der Waals surface area contributed by atoms with E-state index in [1.807, 2.05) is 6.92 Å². The molecule has 0 unspecified atom stereocenters. The van der Waals surface area contributed by atoms with Crippen molar-refractivity contribution in [3.05, 3.63) is 41.4 Å². The van der Waals surface area contributed by atoms with Crippen molar-refractivity contribution in [2.24, 2.45) is 0 Å². The molecule has 2 N–H and O–H groups in total. The number of anilines is 1. The third kappa shape index (κ3) is 4.15. The number of hydrogen-bond acceptors (Lipinski definition) is 5. The zero-order chi connectivity index (χ0) is 15.9. The third-order valence-corrected chi connectivity index (χ3v) is 2.95. The normalized spacial score (nSPS) is 10.3. The number of aromatic nitrogens is 2. The average molecular weight is 302 g/mol. The molecular formula is C15H18N4O3. The van der Waals surface area contributed by atoms with E-state index in [0.29, 0.717) is 23.7 Å². The van der Waals surface area contributed by atoms with Gasteiger partial charge < -0.3 is 15.2 Å². The van der Waals surface area contributed by atoms with E-state index in [2.05, 4.69) is 20.8 Å². The Morgan fingerprint density at radius 2 is 1.91 bits per heavy atom. The van der Waals surface area contributed by atoms with E-state index in [4.69, 9.17) is 4.52 Å². The lowest BCUT2D eigenvalue weighted by Crippen LogP contribution is -2.25. The van der Waals surface area contributed by atoms with Crippen molar-refractivity contribution in [1.29, 1.82) is 0 Å². The molecule has 0 atom stereocenters. The quantitative estimate of drug-likeness (QED) is 0.797. The van der Waals surface area contributed by atoms with Crippen molar-refractivity contribution in [3.8, 4) is 0 Å². The summed E-state index contributed by atoms with van der Waals surface area (Å²) in [5.74, 6) is 0.273. The molecule has 0 saturated heterocycles. The largest absolute Gasteiger partial charge is 0.360 e. The number of rotatable bonds is 6. The molecule has 0 fully saturated rings. The maximum atomic E-state index is 12.1. The van der Waals surface area contributed by atoms with Crippen LogP contribution >= 0.6 is 0 Å². The Kier molecular flexibility index (Phi) is 5.24. The molecule has 0 spiro atoms. The van der Waals surface area contributed by atoms with E-state index in [0.717, 1.165) is 12.8 Å². The number of unbranched alkanes of at least 4 members (excludes halogenated alkanes) is 1. The van der Waals surface area contributed by atoms with Crippen molar-refractivity contribution < 1.29 is 14.1 Å². The molecule has 22 heavy (non-hydrogen) atoms. The van der Waals surface area contributed by atoms with Crippen molar-refractivity contribution in [2.75, 3.05) is 11.9 Å². The molecule has 2 amide bonds. The first-order valence-corrected chi connectivity index (χ1v) is 7.08. The van der Waals surface area contributed by atoms with Crippen LogP contribution in [0.4, 0.5) is 5.82 Å². The van der Waals surface area contributed by atoms with E-state index in [9.17, 15) is 9.59 Å². The van der Waals surface area contributed by atoms with E-state index >= 15 is 0 Å². The van der Waals surface area contributed by atoms with Gasteiger partial charge in [-0.05, 0) is 19.4 Å². The highest BCUT2D eigenvalue weighted by Gasteiger charge is 2.12. The molecule has 2 aromatic heterocycles. The summed E-state index contributed by atoms with van der Waals surface area (Å²) in [6, 6.07) is 3.10. The number of carbonyl (C=O) groups excluding carboxylic acids is 2. The fourth-order valence-electron chi connectivity index (χ4n) is 1.78. The lowest BCUT2D eigenvalue weighted by atomic mass is 10.2. The van der Waals surface area contributed by atoms with Crippen molar-refractivity contribution in [2.45, 2.75) is 26.7 Å². The summed E-state index contributed by atoms with van der Waals surface area (Å²) >= 11 is 0. The maximum absolute atomic E-state index is 12.1. The van der Waals surface area contributed by atoms with Gasteiger partial charge in [-0.25, -0.2) is 0 Å². The molecule has 116 valence electrons. The second-order valence-corrected chi connectivity index (χ2v) is 4.85. The predicted octanol–water partition coefficient (Wildman–Crippen LogP) is 2.16. The van der Waals surface area contributed by atoms with Crippen LogP contribution in [0, 0.1) is 6.92 Å². The molecule has 7 heteroatoms. The van der Waals surface area contributed by atoms with Gasteiger partial charge in [0.1, 0.15) is 5.76 Å². The number of carbonyl (C=O) groups is 2. The number of nitrogens with one attached hydrogen (secondary N) is 2. The highest BCUT2D eigenvalue weighted by atomic mass is 16.5. The summed E-state index contributed by atoms with van der Waals surface area (Å²) in [7, 11) is 0. The fraction of sp³-hybridized carbons (Fsp3) is 0.333. The number of hydrogen-bond donors (Lipinski definition) is 2. The molecule has 0 radical (unpaired) electrons. The molecule has 2 heterocycles. The smallest absolute Gasteiger partial charge is 0.258 e. The van der Waals surface area contributed by atoms with Crippen LogP contribution in [-0.2, 0) is 0 Å². The van der Waals surface area contributed by atoms with Gasteiger partial charge in [0, 0.05) is 25.0 Å². The third-order valence-electron chi connectivity index (χ3n) is 2.95. The minimum absolute atomic E-state index is 0.243. The molecule has 0 bridgehead atoms. The second-order valence-electron chi connectivity index (χ2n) is 4.85. The minimum atomic E-state index is -0.399. The van der Waals surface area contributed by atoms with Crippen LogP contribution in [0.25, 0.3) is 0 Å². The summed E-state index contributed by atoms with van der Waals surface area (Å²) < 4.78 is 4.87. The Labute approximate surface area is 128 Å². The second kappa shape index (κ2) is 7.35. The Morgan fingerprint density at radius 1 is 1.18 bits per heavy atom. The first-order chi connectivity index (χ1) is 10.6. The highest BCUT2D eigenvalue weighted by Crippen LogP contribution is 2.10. The van der Waals surface area contributed by atoms with E-state index in [1.54, 1.807) is 13.0 Å². The van der Waals surface area contributed by atoms with Gasteiger partial charge in [-0.3, -0.25) is 14.6 Å². The zero-order valence-corrected chi connectivity index (χ0v) is 12.5. The van der Waals surface area contributed by atoms with Crippen LogP contribution in [0.15, 0.2) is 29.0 Å². The van der Waals surface area contributed by atoms with Gasteiger partial charge in [-0.15, -0.1) is 0 Å². The summed E-state index contributed by atoms with van der Waals surface area (Å²) in [5.41, 5.74) is 0.629. The van der Waals surface area contributed by atoms with Gasteiger partial charge in [0.25, 0.3) is 11.8 Å². The van der Waals surface area contributed by atoms with Gasteiger partial charge in [0.15, 0.2) is 5.82 Å². The molecule has 0 saturated carbocycles. The number of nitrogens with zero attached hydrogens (tertiary/aromatic N) is 2. The lowest BCUT2D eigenvalue weighted by molar-refractivity contribution is 0.0953. The topological polar surface area (TPSA) is 97.1 Å². The van der Waals surface area contributed by atoms with Gasteiger partial charge in [-0.2, -0.15) is 0 Å². The SMILES string of the molecule is CCCCNC(=O)c1cncc(C(=O)Nc2cc(C)on2)c1. The van der Waals surface area contributed by atoms with E-state index < -0.39 is 5.91 Å².